The van der Waals surface area contributed by atoms with E-state index < -0.39 is 0 Å². The average Bonchev–Trinajstić information content (AvgIpc) is 2.60. The van der Waals surface area contributed by atoms with E-state index in [0.29, 0.717) is 5.56 Å². The molecule has 1 aromatic heterocycles. The molecule has 4 nitrogen and oxygen atoms in total. The number of carbonyl (C=O) groups is 1. The molecule has 0 aliphatic rings. The van der Waals surface area contributed by atoms with Crippen molar-refractivity contribution in [1.29, 1.82) is 0 Å². The van der Waals surface area contributed by atoms with Gasteiger partial charge in [-0.2, -0.15) is 0 Å². The summed E-state index contributed by atoms with van der Waals surface area (Å²) in [4.78, 5) is 15.9. The maximum absolute atomic E-state index is 11.6. The molecule has 0 aliphatic carbocycles. The van der Waals surface area contributed by atoms with E-state index in [9.17, 15) is 4.79 Å². The van der Waals surface area contributed by atoms with Crippen molar-refractivity contribution >= 4 is 16.8 Å². The van der Waals surface area contributed by atoms with E-state index in [0.717, 1.165) is 27.6 Å². The Hall–Kier alpha value is -3.16. The fourth-order valence-corrected chi connectivity index (χ4v) is 2.27. The molecular weight excluding hydrogens is 286 g/mol. The Bertz CT molecular complexity index is 951. The van der Waals surface area contributed by atoms with Crippen LogP contribution in [0.5, 0.6) is 0 Å². The zero-order valence-corrected chi connectivity index (χ0v) is 12.6. The Labute approximate surface area is 134 Å². The zero-order valence-electron chi connectivity index (χ0n) is 12.6. The van der Waals surface area contributed by atoms with Crippen molar-refractivity contribution in [3.8, 4) is 11.8 Å². The lowest BCUT2D eigenvalue weighted by Crippen LogP contribution is -2.30. The summed E-state index contributed by atoms with van der Waals surface area (Å²) in [6.45, 7) is 1.96. The number of benzene rings is 2. The minimum absolute atomic E-state index is 0.329. The van der Waals surface area contributed by atoms with Crippen LogP contribution in [-0.2, 0) is 0 Å². The normalized spacial score (nSPS) is 10.0. The fraction of sp³-hybridized carbons (Fsp3) is 0.0526. The molecule has 1 heterocycles. The van der Waals surface area contributed by atoms with E-state index in [4.69, 9.17) is 5.84 Å². The van der Waals surface area contributed by atoms with E-state index in [1.807, 2.05) is 43.3 Å². The molecule has 4 heteroatoms. The van der Waals surface area contributed by atoms with Crippen molar-refractivity contribution in [2.45, 2.75) is 6.92 Å². The Balaban J connectivity index is 1.98. The summed E-state index contributed by atoms with van der Waals surface area (Å²) in [5, 5.41) is 1.05. The van der Waals surface area contributed by atoms with Gasteiger partial charge in [0.2, 0.25) is 0 Å². The van der Waals surface area contributed by atoms with Crippen molar-refractivity contribution < 1.29 is 4.79 Å². The van der Waals surface area contributed by atoms with E-state index >= 15 is 0 Å². The topological polar surface area (TPSA) is 68.0 Å². The molecule has 0 spiro atoms. The summed E-state index contributed by atoms with van der Waals surface area (Å²) >= 11 is 0. The van der Waals surface area contributed by atoms with Crippen molar-refractivity contribution in [2.24, 2.45) is 5.84 Å². The van der Waals surface area contributed by atoms with Crippen LogP contribution in [0.15, 0.2) is 54.7 Å². The van der Waals surface area contributed by atoms with Gasteiger partial charge < -0.3 is 0 Å². The molecule has 1 amide bonds. The van der Waals surface area contributed by atoms with Crippen LogP contribution in [0.2, 0.25) is 0 Å². The van der Waals surface area contributed by atoms with Gasteiger partial charge in [-0.3, -0.25) is 15.2 Å². The molecule has 0 fully saturated rings. The van der Waals surface area contributed by atoms with Crippen molar-refractivity contribution in [2.75, 3.05) is 0 Å². The third-order valence-electron chi connectivity index (χ3n) is 3.58. The molecule has 0 atom stereocenters. The van der Waals surface area contributed by atoms with Gasteiger partial charge in [0, 0.05) is 28.3 Å². The maximum Gasteiger partial charge on any atom is 0.265 e. The quantitative estimate of drug-likeness (QED) is 0.314. The summed E-state index contributed by atoms with van der Waals surface area (Å²) in [7, 11) is 0. The molecule has 0 saturated heterocycles. The number of fused-ring (bicyclic) bond motifs is 1. The lowest BCUT2D eigenvalue weighted by Gasteiger charge is -2.03. The Kier molecular flexibility index (Phi) is 4.05. The summed E-state index contributed by atoms with van der Waals surface area (Å²) in [6.07, 6.45) is 1.77. The molecule has 0 radical (unpaired) electrons. The van der Waals surface area contributed by atoms with Crippen molar-refractivity contribution in [3.05, 3.63) is 77.0 Å². The Morgan fingerprint density at radius 1 is 1.13 bits per heavy atom. The first-order valence-corrected chi connectivity index (χ1v) is 7.16. The molecule has 0 saturated carbocycles. The number of rotatable bonds is 1. The number of hydrazine groups is 1. The molecule has 3 rings (SSSR count). The minimum atomic E-state index is -0.329. The number of nitrogen functional groups attached to an aromatic ring is 1. The first-order chi connectivity index (χ1) is 11.2. The maximum atomic E-state index is 11.6. The van der Waals surface area contributed by atoms with Crippen LogP contribution in [0.3, 0.4) is 0 Å². The standard InChI is InChI=1S/C19H15N3O/c1-13-4-7-17(19(23)22-20)12-15(13)8-5-14-6-9-18-16(11-14)3-2-10-21-18/h2-4,6-7,9-12H,20H2,1H3,(H,22,23). The number of aryl methyl sites for hydroxylation is 1. The predicted octanol–water partition coefficient (Wildman–Crippen LogP) is 2.55. The number of hydrogen-bond acceptors (Lipinski definition) is 3. The van der Waals surface area contributed by atoms with Crippen LogP contribution in [0.4, 0.5) is 0 Å². The lowest BCUT2D eigenvalue weighted by atomic mass is 10.0. The van der Waals surface area contributed by atoms with Crippen LogP contribution >= 0.6 is 0 Å². The number of hydrogen-bond donors (Lipinski definition) is 2. The highest BCUT2D eigenvalue weighted by Crippen LogP contribution is 2.14. The Morgan fingerprint density at radius 3 is 2.83 bits per heavy atom. The smallest absolute Gasteiger partial charge is 0.265 e. The van der Waals surface area contributed by atoms with E-state index in [1.165, 1.54) is 0 Å². The summed E-state index contributed by atoms with van der Waals surface area (Å²) in [6, 6.07) is 15.1. The first kappa shape index (κ1) is 14.8. The summed E-state index contributed by atoms with van der Waals surface area (Å²) < 4.78 is 0. The molecule has 0 bridgehead atoms. The van der Waals surface area contributed by atoms with Crippen LogP contribution < -0.4 is 11.3 Å². The molecule has 112 valence electrons. The molecular formula is C19H15N3O. The third-order valence-corrected chi connectivity index (χ3v) is 3.58. The highest BCUT2D eigenvalue weighted by Gasteiger charge is 2.05. The second-order valence-electron chi connectivity index (χ2n) is 5.16. The predicted molar refractivity (Wildman–Crippen MR) is 90.6 cm³/mol. The van der Waals surface area contributed by atoms with Crippen LogP contribution in [0.1, 0.15) is 27.0 Å². The molecule has 3 N–H and O–H groups in total. The van der Waals surface area contributed by atoms with Crippen molar-refractivity contribution in [1.82, 2.24) is 10.4 Å². The second kappa shape index (κ2) is 6.30. The largest absolute Gasteiger partial charge is 0.290 e. The van der Waals surface area contributed by atoms with Gasteiger partial charge in [-0.1, -0.05) is 24.0 Å². The SMILES string of the molecule is Cc1ccc(C(=O)NN)cc1C#Cc1ccc2ncccc2c1. The zero-order chi connectivity index (χ0) is 16.2. The Morgan fingerprint density at radius 2 is 2.00 bits per heavy atom. The van der Waals surface area contributed by atoms with E-state index in [2.05, 4.69) is 22.3 Å². The van der Waals surface area contributed by atoms with Gasteiger partial charge in [-0.05, 0) is 48.9 Å². The molecule has 23 heavy (non-hydrogen) atoms. The number of nitrogens with two attached hydrogens (primary N) is 1. The van der Waals surface area contributed by atoms with Gasteiger partial charge in [0.05, 0.1) is 5.52 Å². The minimum Gasteiger partial charge on any atom is -0.290 e. The molecule has 0 unspecified atom stereocenters. The van der Waals surface area contributed by atoms with E-state index in [-0.39, 0.29) is 5.91 Å². The number of pyridine rings is 1. The summed E-state index contributed by atoms with van der Waals surface area (Å²) in [5.74, 6) is 11.1. The summed E-state index contributed by atoms with van der Waals surface area (Å²) in [5.41, 5.74) is 6.27. The van der Waals surface area contributed by atoms with Gasteiger partial charge >= 0.3 is 0 Å². The number of nitrogens with one attached hydrogen (secondary N) is 1. The van der Waals surface area contributed by atoms with E-state index in [1.54, 1.807) is 18.3 Å². The lowest BCUT2D eigenvalue weighted by molar-refractivity contribution is 0.0953. The second-order valence-corrected chi connectivity index (χ2v) is 5.16. The molecule has 3 aromatic rings. The van der Waals surface area contributed by atoms with Gasteiger partial charge in [-0.15, -0.1) is 0 Å². The van der Waals surface area contributed by atoms with Gasteiger partial charge in [0.15, 0.2) is 0 Å². The fourth-order valence-electron chi connectivity index (χ4n) is 2.27. The van der Waals surface area contributed by atoms with Crippen LogP contribution in [0, 0.1) is 18.8 Å². The highest BCUT2D eigenvalue weighted by molar-refractivity contribution is 5.94. The highest BCUT2D eigenvalue weighted by atomic mass is 16.2. The van der Waals surface area contributed by atoms with Gasteiger partial charge in [0.25, 0.3) is 5.91 Å². The van der Waals surface area contributed by atoms with Crippen LogP contribution in [0.25, 0.3) is 10.9 Å². The monoisotopic (exact) mass is 301 g/mol. The van der Waals surface area contributed by atoms with Gasteiger partial charge in [-0.25, -0.2) is 5.84 Å². The molecule has 0 aliphatic heterocycles. The number of aromatic nitrogens is 1. The number of amides is 1. The molecule has 2 aromatic carbocycles. The number of nitrogens with zero attached hydrogens (tertiary/aromatic N) is 1. The van der Waals surface area contributed by atoms with Crippen LogP contribution in [-0.4, -0.2) is 10.9 Å². The number of carbonyl (C=O) groups excluding carboxylic acids is 1. The average molecular weight is 301 g/mol. The third kappa shape index (κ3) is 3.20. The van der Waals surface area contributed by atoms with Gasteiger partial charge in [0.1, 0.15) is 0 Å². The van der Waals surface area contributed by atoms with Crippen molar-refractivity contribution in [3.63, 3.8) is 0 Å². The first-order valence-electron chi connectivity index (χ1n) is 7.16.